The highest BCUT2D eigenvalue weighted by Crippen LogP contribution is 2.21. The molecule has 0 unspecified atom stereocenters. The van der Waals surface area contributed by atoms with Gasteiger partial charge < -0.3 is 10.2 Å². The summed E-state index contributed by atoms with van der Waals surface area (Å²) in [6.07, 6.45) is 1.05. The summed E-state index contributed by atoms with van der Waals surface area (Å²) in [4.78, 5) is 26.6. The molecule has 1 N–H and O–H groups in total. The Kier molecular flexibility index (Phi) is 6.92. The fraction of sp³-hybridized carbons (Fsp3) is 0.333. The number of para-hydroxylation sites is 1. The number of rotatable bonds is 6. The van der Waals surface area contributed by atoms with E-state index in [1.54, 1.807) is 4.90 Å². The Morgan fingerprint density at radius 3 is 2.24 bits per heavy atom. The van der Waals surface area contributed by atoms with Crippen LogP contribution in [0.15, 0.2) is 59.5 Å². The molecule has 8 heteroatoms. The lowest BCUT2D eigenvalue weighted by Gasteiger charge is -2.31. The van der Waals surface area contributed by atoms with Crippen molar-refractivity contribution in [3.63, 3.8) is 0 Å². The zero-order valence-corrected chi connectivity index (χ0v) is 17.5. The van der Waals surface area contributed by atoms with E-state index in [1.165, 1.54) is 24.3 Å². The Balaban J connectivity index is 1.47. The number of carbonyl (C=O) groups is 2. The molecule has 2 aromatic rings. The average Bonchev–Trinajstić information content (AvgIpc) is 2.73. The van der Waals surface area contributed by atoms with Crippen LogP contribution >= 0.6 is 11.6 Å². The number of halogens is 1. The second-order valence-corrected chi connectivity index (χ2v) is 9.58. The number of benzene rings is 2. The Morgan fingerprint density at radius 1 is 1.00 bits per heavy atom. The van der Waals surface area contributed by atoms with Crippen molar-refractivity contribution in [2.75, 3.05) is 24.2 Å². The summed E-state index contributed by atoms with van der Waals surface area (Å²) < 4.78 is 24.8. The van der Waals surface area contributed by atoms with Crippen molar-refractivity contribution < 1.29 is 18.0 Å². The number of sulfone groups is 1. The van der Waals surface area contributed by atoms with Crippen LogP contribution in [0.25, 0.3) is 0 Å². The quantitative estimate of drug-likeness (QED) is 0.755. The highest BCUT2D eigenvalue weighted by Gasteiger charge is 2.28. The van der Waals surface area contributed by atoms with Gasteiger partial charge in [-0.1, -0.05) is 29.8 Å². The number of anilines is 1. The predicted octanol–water partition coefficient (Wildman–Crippen LogP) is 3.38. The van der Waals surface area contributed by atoms with Gasteiger partial charge in [-0.25, -0.2) is 8.42 Å². The normalized spacial score (nSPS) is 15.1. The smallest absolute Gasteiger partial charge is 0.227 e. The number of hydrogen-bond donors (Lipinski definition) is 1. The molecule has 29 heavy (non-hydrogen) atoms. The standard InChI is InChI=1S/C21H23ClN2O4S/c22-17-6-8-19(9-7-17)29(27,28)15-12-20(25)24-13-10-16(11-14-24)21(26)23-18-4-2-1-3-5-18/h1-9,16H,10-15H2,(H,23,26). The molecule has 154 valence electrons. The summed E-state index contributed by atoms with van der Waals surface area (Å²) in [6.45, 7) is 0.902. The molecule has 0 aromatic heterocycles. The minimum atomic E-state index is -3.54. The molecule has 1 aliphatic rings. The van der Waals surface area contributed by atoms with E-state index in [2.05, 4.69) is 5.32 Å². The molecule has 2 aromatic carbocycles. The Bertz CT molecular complexity index is 954. The average molecular weight is 435 g/mol. The Labute approximate surface area is 175 Å². The lowest BCUT2D eigenvalue weighted by atomic mass is 9.95. The molecule has 3 rings (SSSR count). The van der Waals surface area contributed by atoms with Gasteiger partial charge in [-0.05, 0) is 49.2 Å². The highest BCUT2D eigenvalue weighted by atomic mass is 35.5. The maximum absolute atomic E-state index is 12.4. The van der Waals surface area contributed by atoms with Gasteiger partial charge >= 0.3 is 0 Å². The summed E-state index contributed by atoms with van der Waals surface area (Å²) in [5.41, 5.74) is 0.753. The van der Waals surface area contributed by atoms with Crippen molar-refractivity contribution in [1.82, 2.24) is 4.90 Å². The zero-order valence-electron chi connectivity index (χ0n) is 15.9. The van der Waals surface area contributed by atoms with E-state index in [4.69, 9.17) is 11.6 Å². The minimum absolute atomic E-state index is 0.0476. The first-order valence-corrected chi connectivity index (χ1v) is 11.5. The number of piperidine rings is 1. The van der Waals surface area contributed by atoms with Crippen molar-refractivity contribution in [3.05, 3.63) is 59.6 Å². The maximum Gasteiger partial charge on any atom is 0.227 e. The van der Waals surface area contributed by atoms with Crippen molar-refractivity contribution >= 4 is 38.9 Å². The number of nitrogens with one attached hydrogen (secondary N) is 1. The molecule has 1 aliphatic heterocycles. The van der Waals surface area contributed by atoms with Crippen LogP contribution in [0.2, 0.25) is 5.02 Å². The summed E-state index contributed by atoms with van der Waals surface area (Å²) >= 11 is 5.79. The van der Waals surface area contributed by atoms with Crippen LogP contribution in [0.4, 0.5) is 5.69 Å². The maximum atomic E-state index is 12.4. The van der Waals surface area contributed by atoms with Gasteiger partial charge in [0, 0.05) is 36.1 Å². The zero-order chi connectivity index (χ0) is 20.9. The van der Waals surface area contributed by atoms with Gasteiger partial charge in [0.15, 0.2) is 9.84 Å². The third-order valence-electron chi connectivity index (χ3n) is 5.02. The molecule has 1 fully saturated rings. The fourth-order valence-corrected chi connectivity index (χ4v) is 4.65. The Hall–Kier alpha value is -2.38. The Morgan fingerprint density at radius 2 is 1.62 bits per heavy atom. The number of hydrogen-bond acceptors (Lipinski definition) is 4. The predicted molar refractivity (Wildman–Crippen MR) is 112 cm³/mol. The second kappa shape index (κ2) is 9.41. The van der Waals surface area contributed by atoms with Crippen LogP contribution in [0.1, 0.15) is 19.3 Å². The van der Waals surface area contributed by atoms with Crippen LogP contribution in [0, 0.1) is 5.92 Å². The molecule has 0 saturated carbocycles. The van der Waals surface area contributed by atoms with Crippen molar-refractivity contribution in [2.24, 2.45) is 5.92 Å². The highest BCUT2D eigenvalue weighted by molar-refractivity contribution is 7.91. The number of carbonyl (C=O) groups excluding carboxylic acids is 2. The summed E-state index contributed by atoms with van der Waals surface area (Å²) in [5, 5.41) is 3.35. The topological polar surface area (TPSA) is 83.6 Å². The van der Waals surface area contributed by atoms with Crippen LogP contribution < -0.4 is 5.32 Å². The first-order chi connectivity index (χ1) is 13.8. The largest absolute Gasteiger partial charge is 0.343 e. The van der Waals surface area contributed by atoms with E-state index in [1.807, 2.05) is 30.3 Å². The van der Waals surface area contributed by atoms with Gasteiger partial charge in [-0.3, -0.25) is 9.59 Å². The van der Waals surface area contributed by atoms with Gasteiger partial charge in [0.05, 0.1) is 10.6 Å². The number of likely N-dealkylation sites (tertiary alicyclic amines) is 1. The van der Waals surface area contributed by atoms with Crippen LogP contribution in [-0.4, -0.2) is 44.0 Å². The lowest BCUT2D eigenvalue weighted by Crippen LogP contribution is -2.41. The van der Waals surface area contributed by atoms with Gasteiger partial charge in [0.1, 0.15) is 0 Å². The third-order valence-corrected chi connectivity index (χ3v) is 7.00. The molecule has 0 spiro atoms. The number of nitrogens with zero attached hydrogens (tertiary/aromatic N) is 1. The van der Waals surface area contributed by atoms with Crippen molar-refractivity contribution in [2.45, 2.75) is 24.2 Å². The first-order valence-electron chi connectivity index (χ1n) is 9.47. The molecule has 0 atom stereocenters. The molecule has 0 bridgehead atoms. The number of amides is 2. The van der Waals surface area contributed by atoms with Gasteiger partial charge in [-0.2, -0.15) is 0 Å². The molecule has 6 nitrogen and oxygen atoms in total. The lowest BCUT2D eigenvalue weighted by molar-refractivity contribution is -0.134. The van der Waals surface area contributed by atoms with E-state index < -0.39 is 9.84 Å². The summed E-state index contributed by atoms with van der Waals surface area (Å²) in [5.74, 6) is -0.655. The van der Waals surface area contributed by atoms with E-state index in [-0.39, 0.29) is 34.8 Å². The molecule has 1 heterocycles. The van der Waals surface area contributed by atoms with E-state index in [9.17, 15) is 18.0 Å². The second-order valence-electron chi connectivity index (χ2n) is 7.03. The molecular weight excluding hydrogens is 412 g/mol. The van der Waals surface area contributed by atoms with Crippen LogP contribution in [0.5, 0.6) is 0 Å². The third kappa shape index (κ3) is 5.81. The van der Waals surface area contributed by atoms with Crippen molar-refractivity contribution in [3.8, 4) is 0 Å². The van der Waals surface area contributed by atoms with E-state index in [0.29, 0.717) is 31.0 Å². The van der Waals surface area contributed by atoms with Gasteiger partial charge in [0.2, 0.25) is 11.8 Å². The minimum Gasteiger partial charge on any atom is -0.343 e. The fourth-order valence-electron chi connectivity index (χ4n) is 3.30. The first kappa shape index (κ1) is 21.3. The van der Waals surface area contributed by atoms with E-state index in [0.717, 1.165) is 5.69 Å². The summed E-state index contributed by atoms with van der Waals surface area (Å²) in [7, 11) is -3.54. The van der Waals surface area contributed by atoms with Gasteiger partial charge in [-0.15, -0.1) is 0 Å². The van der Waals surface area contributed by atoms with E-state index >= 15 is 0 Å². The molecular formula is C21H23ClN2O4S. The molecule has 2 amide bonds. The molecule has 0 radical (unpaired) electrons. The van der Waals surface area contributed by atoms with Crippen molar-refractivity contribution in [1.29, 1.82) is 0 Å². The molecule has 0 aliphatic carbocycles. The van der Waals surface area contributed by atoms with Crippen LogP contribution in [-0.2, 0) is 19.4 Å². The summed E-state index contributed by atoms with van der Waals surface area (Å²) in [6, 6.07) is 15.2. The van der Waals surface area contributed by atoms with Crippen LogP contribution in [0.3, 0.4) is 0 Å². The monoisotopic (exact) mass is 434 g/mol. The SMILES string of the molecule is O=C(Nc1ccccc1)C1CCN(C(=O)CCS(=O)(=O)c2ccc(Cl)cc2)CC1. The molecule has 1 saturated heterocycles. The van der Waals surface area contributed by atoms with Gasteiger partial charge in [0.25, 0.3) is 0 Å².